The number of piperazine rings is 1. The lowest BCUT2D eigenvalue weighted by Crippen LogP contribution is -2.43. The second-order valence-corrected chi connectivity index (χ2v) is 4.72. The van der Waals surface area contributed by atoms with Gasteiger partial charge in [0.15, 0.2) is 11.6 Å². The highest BCUT2D eigenvalue weighted by Crippen LogP contribution is 2.15. The van der Waals surface area contributed by atoms with Crippen LogP contribution in [0.4, 0.5) is 8.78 Å². The Morgan fingerprint density at radius 2 is 1.89 bits per heavy atom. The molecule has 1 aliphatic heterocycles. The largest absolute Gasteiger partial charge is 0.493 e. The van der Waals surface area contributed by atoms with Gasteiger partial charge in [0.05, 0.1) is 6.61 Å². The molecule has 1 aromatic rings. The van der Waals surface area contributed by atoms with Crippen LogP contribution in [-0.2, 0) is 0 Å². The average molecular weight is 270 g/mol. The highest BCUT2D eigenvalue weighted by molar-refractivity contribution is 5.23. The standard InChI is InChI=1S/C14H20F2N2O/c15-13-4-3-12(11-14(13)16)19-10-2-1-7-18-8-5-17-6-9-18/h3-4,11,17H,1-2,5-10H2. The van der Waals surface area contributed by atoms with Crippen molar-refractivity contribution in [1.82, 2.24) is 10.2 Å². The van der Waals surface area contributed by atoms with Crippen LogP contribution in [-0.4, -0.2) is 44.2 Å². The van der Waals surface area contributed by atoms with Crippen LogP contribution < -0.4 is 10.1 Å². The van der Waals surface area contributed by atoms with Crippen molar-refractivity contribution in [2.45, 2.75) is 12.8 Å². The molecule has 2 rings (SSSR count). The van der Waals surface area contributed by atoms with E-state index in [0.29, 0.717) is 12.4 Å². The van der Waals surface area contributed by atoms with E-state index in [9.17, 15) is 8.78 Å². The number of hydrogen-bond donors (Lipinski definition) is 1. The Morgan fingerprint density at radius 3 is 2.63 bits per heavy atom. The predicted octanol–water partition coefficient (Wildman–Crippen LogP) is 2.03. The molecule has 1 aromatic carbocycles. The zero-order valence-corrected chi connectivity index (χ0v) is 11.0. The molecule has 1 heterocycles. The first-order chi connectivity index (χ1) is 9.25. The van der Waals surface area contributed by atoms with Crippen molar-refractivity contribution in [1.29, 1.82) is 0 Å². The van der Waals surface area contributed by atoms with E-state index in [-0.39, 0.29) is 0 Å². The minimum atomic E-state index is -0.863. The van der Waals surface area contributed by atoms with E-state index in [1.165, 1.54) is 6.07 Å². The summed E-state index contributed by atoms with van der Waals surface area (Å²) in [4.78, 5) is 2.42. The third-order valence-electron chi connectivity index (χ3n) is 3.24. The van der Waals surface area contributed by atoms with E-state index in [1.54, 1.807) is 0 Å². The Morgan fingerprint density at radius 1 is 1.11 bits per heavy atom. The summed E-state index contributed by atoms with van der Waals surface area (Å²) in [7, 11) is 0. The average Bonchev–Trinajstić information content (AvgIpc) is 2.43. The molecule has 1 fully saturated rings. The van der Waals surface area contributed by atoms with Crippen LogP contribution in [0.1, 0.15) is 12.8 Å². The summed E-state index contributed by atoms with van der Waals surface area (Å²) in [6.45, 7) is 5.94. The topological polar surface area (TPSA) is 24.5 Å². The second kappa shape index (κ2) is 7.40. The Labute approximate surface area is 112 Å². The number of benzene rings is 1. The monoisotopic (exact) mass is 270 g/mol. The van der Waals surface area contributed by atoms with E-state index in [4.69, 9.17) is 4.74 Å². The summed E-state index contributed by atoms with van der Waals surface area (Å²) in [5.74, 6) is -1.31. The SMILES string of the molecule is Fc1ccc(OCCCCN2CCNCC2)cc1F. The van der Waals surface area contributed by atoms with Gasteiger partial charge in [0.25, 0.3) is 0 Å². The van der Waals surface area contributed by atoms with Gasteiger partial charge in [-0.15, -0.1) is 0 Å². The Bertz CT molecular complexity index is 395. The summed E-state index contributed by atoms with van der Waals surface area (Å²) in [6, 6.07) is 3.63. The van der Waals surface area contributed by atoms with Crippen molar-refractivity contribution in [3.63, 3.8) is 0 Å². The molecule has 19 heavy (non-hydrogen) atoms. The molecule has 1 N–H and O–H groups in total. The van der Waals surface area contributed by atoms with E-state index in [1.807, 2.05) is 0 Å². The van der Waals surface area contributed by atoms with E-state index in [0.717, 1.165) is 57.7 Å². The molecule has 0 bridgehead atoms. The van der Waals surface area contributed by atoms with Crippen molar-refractivity contribution < 1.29 is 13.5 Å². The minimum Gasteiger partial charge on any atom is -0.493 e. The molecular weight excluding hydrogens is 250 g/mol. The number of nitrogens with zero attached hydrogens (tertiary/aromatic N) is 1. The third kappa shape index (κ3) is 4.76. The summed E-state index contributed by atoms with van der Waals surface area (Å²) < 4.78 is 31.0. The van der Waals surface area contributed by atoms with Crippen LogP contribution in [0.15, 0.2) is 18.2 Å². The number of nitrogens with one attached hydrogen (secondary N) is 1. The number of ether oxygens (including phenoxy) is 1. The number of halogens is 2. The molecular formula is C14H20F2N2O. The van der Waals surface area contributed by atoms with Gasteiger partial charge >= 0.3 is 0 Å². The number of unbranched alkanes of at least 4 members (excludes halogenated alkanes) is 1. The van der Waals surface area contributed by atoms with Crippen LogP contribution in [0.2, 0.25) is 0 Å². The molecule has 0 saturated carbocycles. The van der Waals surface area contributed by atoms with E-state index in [2.05, 4.69) is 10.2 Å². The van der Waals surface area contributed by atoms with Gasteiger partial charge < -0.3 is 15.0 Å². The highest BCUT2D eigenvalue weighted by Gasteiger charge is 2.08. The van der Waals surface area contributed by atoms with Crippen molar-refractivity contribution in [3.05, 3.63) is 29.8 Å². The van der Waals surface area contributed by atoms with E-state index >= 15 is 0 Å². The van der Waals surface area contributed by atoms with Crippen molar-refractivity contribution in [2.24, 2.45) is 0 Å². The highest BCUT2D eigenvalue weighted by atomic mass is 19.2. The van der Waals surface area contributed by atoms with Crippen LogP contribution in [0.25, 0.3) is 0 Å². The van der Waals surface area contributed by atoms with Crippen molar-refractivity contribution in [2.75, 3.05) is 39.3 Å². The molecule has 0 unspecified atom stereocenters. The Balaban J connectivity index is 1.59. The van der Waals surface area contributed by atoms with Gasteiger partial charge in [-0.3, -0.25) is 0 Å². The van der Waals surface area contributed by atoms with Gasteiger partial charge in [-0.05, 0) is 31.5 Å². The molecule has 0 aliphatic carbocycles. The molecule has 0 aromatic heterocycles. The molecule has 1 saturated heterocycles. The molecule has 0 radical (unpaired) electrons. The van der Waals surface area contributed by atoms with Crippen LogP contribution >= 0.6 is 0 Å². The number of hydrogen-bond acceptors (Lipinski definition) is 3. The predicted molar refractivity (Wildman–Crippen MR) is 70.4 cm³/mol. The minimum absolute atomic E-state index is 0.390. The lowest BCUT2D eigenvalue weighted by molar-refractivity contribution is 0.226. The fraction of sp³-hybridized carbons (Fsp3) is 0.571. The fourth-order valence-electron chi connectivity index (χ4n) is 2.13. The van der Waals surface area contributed by atoms with Crippen LogP contribution in [0.5, 0.6) is 5.75 Å². The van der Waals surface area contributed by atoms with Gasteiger partial charge in [0.2, 0.25) is 0 Å². The summed E-state index contributed by atoms with van der Waals surface area (Å²) in [5.41, 5.74) is 0. The van der Waals surface area contributed by atoms with Crippen molar-refractivity contribution in [3.8, 4) is 5.75 Å². The lowest BCUT2D eigenvalue weighted by atomic mass is 10.2. The molecule has 3 nitrogen and oxygen atoms in total. The second-order valence-electron chi connectivity index (χ2n) is 4.72. The van der Waals surface area contributed by atoms with Gasteiger partial charge in [-0.25, -0.2) is 8.78 Å². The molecule has 0 spiro atoms. The summed E-state index contributed by atoms with van der Waals surface area (Å²) in [6.07, 6.45) is 1.98. The quantitative estimate of drug-likeness (QED) is 0.801. The van der Waals surface area contributed by atoms with Crippen molar-refractivity contribution >= 4 is 0 Å². The van der Waals surface area contributed by atoms with Crippen LogP contribution in [0, 0.1) is 11.6 Å². The van der Waals surface area contributed by atoms with Gasteiger partial charge in [0.1, 0.15) is 5.75 Å². The first-order valence-electron chi connectivity index (χ1n) is 6.76. The maximum absolute atomic E-state index is 12.9. The zero-order chi connectivity index (χ0) is 13.5. The normalized spacial score (nSPS) is 16.5. The Kier molecular flexibility index (Phi) is 5.54. The molecule has 5 heteroatoms. The molecule has 106 valence electrons. The third-order valence-corrected chi connectivity index (χ3v) is 3.24. The van der Waals surface area contributed by atoms with Gasteiger partial charge in [0, 0.05) is 32.2 Å². The summed E-state index contributed by atoms with van der Waals surface area (Å²) >= 11 is 0. The van der Waals surface area contributed by atoms with Gasteiger partial charge in [-0.1, -0.05) is 0 Å². The smallest absolute Gasteiger partial charge is 0.162 e. The first-order valence-corrected chi connectivity index (χ1v) is 6.76. The maximum atomic E-state index is 12.9. The molecule has 0 atom stereocenters. The Hall–Kier alpha value is -1.20. The number of rotatable bonds is 6. The first kappa shape index (κ1) is 14.2. The van der Waals surface area contributed by atoms with E-state index < -0.39 is 11.6 Å². The molecule has 0 amide bonds. The maximum Gasteiger partial charge on any atom is 0.162 e. The zero-order valence-electron chi connectivity index (χ0n) is 11.0. The summed E-state index contributed by atoms with van der Waals surface area (Å²) in [5, 5.41) is 3.32. The van der Waals surface area contributed by atoms with Gasteiger partial charge in [-0.2, -0.15) is 0 Å². The fourth-order valence-corrected chi connectivity index (χ4v) is 2.13. The lowest BCUT2D eigenvalue weighted by Gasteiger charge is -2.26. The van der Waals surface area contributed by atoms with Crippen LogP contribution in [0.3, 0.4) is 0 Å². The molecule has 1 aliphatic rings.